The fourth-order valence-corrected chi connectivity index (χ4v) is 0. The highest BCUT2D eigenvalue weighted by Gasteiger charge is 1.65. The molecule has 0 aromatic heterocycles. The van der Waals surface area contributed by atoms with Gasteiger partial charge in [0.15, 0.2) is 0 Å². The molecule has 0 spiro atoms. The monoisotopic (exact) mass is 106 g/mol. The highest BCUT2D eigenvalue weighted by molar-refractivity contribution is 6.13. The lowest BCUT2D eigenvalue weighted by molar-refractivity contribution is -0.134. The van der Waals surface area contributed by atoms with E-state index in [0.717, 1.165) is 6.92 Å². The third kappa shape index (κ3) is 219. The molecule has 0 aliphatic heterocycles. The second kappa shape index (κ2) is 9.07. The van der Waals surface area contributed by atoms with Crippen molar-refractivity contribution in [2.24, 2.45) is 0 Å². The molecule has 7 heavy (non-hydrogen) atoms. The van der Waals surface area contributed by atoms with Gasteiger partial charge in [-0.05, 0) is 0 Å². The minimum Gasteiger partial charge on any atom is -0.481 e. The molecule has 0 aromatic rings. The van der Waals surface area contributed by atoms with Crippen molar-refractivity contribution in [1.29, 1.82) is 0 Å². The van der Waals surface area contributed by atoms with Crippen molar-refractivity contribution in [3.63, 3.8) is 0 Å². The van der Waals surface area contributed by atoms with Crippen molar-refractivity contribution < 1.29 is 19.9 Å². The summed E-state index contributed by atoms with van der Waals surface area (Å²) in [7, 11) is -0.750. The van der Waals surface area contributed by atoms with Crippen LogP contribution in [0.5, 0.6) is 0 Å². The van der Waals surface area contributed by atoms with Gasteiger partial charge in [0.1, 0.15) is 0 Å². The quantitative estimate of drug-likeness (QED) is 0.322. The fraction of sp³-hybridized carbons (Fsp3) is 0.500. The van der Waals surface area contributed by atoms with Crippen LogP contribution >= 0.6 is 0 Å². The minimum atomic E-state index is -0.833. The molecule has 0 heterocycles. The first kappa shape index (κ1) is 9.68. The molecule has 5 heteroatoms. The molecule has 0 unspecified atom stereocenters. The van der Waals surface area contributed by atoms with Gasteiger partial charge in [-0.25, -0.2) is 0 Å². The summed E-state index contributed by atoms with van der Waals surface area (Å²) in [4.78, 5) is 9.00. The van der Waals surface area contributed by atoms with E-state index in [1.807, 2.05) is 0 Å². The number of aliphatic carboxylic acids is 1. The van der Waals surface area contributed by atoms with Gasteiger partial charge in [-0.1, -0.05) is 0 Å². The van der Waals surface area contributed by atoms with Crippen molar-refractivity contribution in [2.75, 3.05) is 0 Å². The van der Waals surface area contributed by atoms with Crippen molar-refractivity contribution in [2.45, 2.75) is 6.92 Å². The van der Waals surface area contributed by atoms with Crippen LogP contribution in [-0.4, -0.2) is 28.8 Å². The van der Waals surface area contributed by atoms with Gasteiger partial charge in [0.05, 0.1) is 0 Å². The maximum absolute atomic E-state index is 9.00. The number of rotatable bonds is 0. The zero-order chi connectivity index (χ0) is 6.28. The Morgan fingerprint density at radius 2 is 1.57 bits per heavy atom. The fourth-order valence-electron chi connectivity index (χ4n) is 0. The molecule has 0 atom stereocenters. The molecule has 0 saturated carbocycles. The van der Waals surface area contributed by atoms with Crippen LogP contribution in [0.25, 0.3) is 0 Å². The van der Waals surface area contributed by atoms with E-state index in [9.17, 15) is 0 Å². The summed E-state index contributed by atoms with van der Waals surface area (Å²) in [5, 5.41) is 21.7. The standard InChI is InChI=1S/C2H4O2.BH3O2/c1-2(3)4;2-1-3/h1H3,(H,3,4);1-3H. The maximum Gasteiger partial charge on any atom is 0.432 e. The van der Waals surface area contributed by atoms with Gasteiger partial charge in [-0.2, -0.15) is 0 Å². The topological polar surface area (TPSA) is 77.8 Å². The number of carboxylic acid groups (broad SMARTS) is 1. The molecule has 0 aliphatic carbocycles. The Kier molecular flexibility index (Phi) is 12.5. The molecule has 42 valence electrons. The van der Waals surface area contributed by atoms with Crippen molar-refractivity contribution in [3.8, 4) is 0 Å². The summed E-state index contributed by atoms with van der Waals surface area (Å²) in [5.74, 6) is -0.833. The van der Waals surface area contributed by atoms with E-state index in [4.69, 9.17) is 19.9 Å². The molecule has 0 aliphatic rings. The van der Waals surface area contributed by atoms with E-state index in [-0.39, 0.29) is 0 Å². The SMILES string of the molecule is CC(=O)O.OBO. The van der Waals surface area contributed by atoms with Crippen LogP contribution in [0.1, 0.15) is 6.92 Å². The van der Waals surface area contributed by atoms with E-state index in [1.54, 1.807) is 0 Å². The van der Waals surface area contributed by atoms with Gasteiger partial charge in [0.2, 0.25) is 0 Å². The lowest BCUT2D eigenvalue weighted by atomic mass is 10.5. The summed E-state index contributed by atoms with van der Waals surface area (Å²) >= 11 is 0. The average molecular weight is 106 g/mol. The van der Waals surface area contributed by atoms with Gasteiger partial charge in [-0.3, -0.25) is 4.79 Å². The summed E-state index contributed by atoms with van der Waals surface area (Å²) in [6.45, 7) is 1.08. The lowest BCUT2D eigenvalue weighted by Gasteiger charge is -1.59. The van der Waals surface area contributed by atoms with Crippen molar-refractivity contribution in [1.82, 2.24) is 0 Å². The first-order valence-electron chi connectivity index (χ1n) is 1.56. The zero-order valence-electron chi connectivity index (χ0n) is 3.96. The van der Waals surface area contributed by atoms with Gasteiger partial charge >= 0.3 is 7.69 Å². The third-order valence-electron chi connectivity index (χ3n) is 0. The van der Waals surface area contributed by atoms with Crippen LogP contribution in [0, 0.1) is 0 Å². The second-order valence-electron chi connectivity index (χ2n) is 0.660. The van der Waals surface area contributed by atoms with Crippen LogP contribution in [-0.2, 0) is 4.79 Å². The Morgan fingerprint density at radius 1 is 1.57 bits per heavy atom. The number of carboxylic acids is 1. The molecular weight excluding hydrogens is 98.8 g/mol. The molecule has 0 aromatic carbocycles. The highest BCUT2D eigenvalue weighted by atomic mass is 16.4. The smallest absolute Gasteiger partial charge is 0.432 e. The van der Waals surface area contributed by atoms with Crippen molar-refractivity contribution >= 4 is 13.7 Å². The Morgan fingerprint density at radius 3 is 1.57 bits per heavy atom. The van der Waals surface area contributed by atoms with E-state index in [2.05, 4.69) is 0 Å². The summed E-state index contributed by atoms with van der Waals surface area (Å²) < 4.78 is 0. The summed E-state index contributed by atoms with van der Waals surface area (Å²) in [5.41, 5.74) is 0. The summed E-state index contributed by atoms with van der Waals surface area (Å²) in [6, 6.07) is 0. The van der Waals surface area contributed by atoms with Gasteiger partial charge < -0.3 is 15.2 Å². The molecule has 0 rings (SSSR count). The molecule has 0 bridgehead atoms. The molecule has 4 nitrogen and oxygen atoms in total. The lowest BCUT2D eigenvalue weighted by Crippen LogP contribution is -1.78. The maximum atomic E-state index is 9.00. The normalized spacial score (nSPS) is 5.57. The van der Waals surface area contributed by atoms with E-state index >= 15 is 0 Å². The first-order valence-corrected chi connectivity index (χ1v) is 1.56. The Balaban J connectivity index is 0. The molecular formula is C2H7BO4. The average Bonchev–Trinajstić information content (AvgIpc) is 1.33. The van der Waals surface area contributed by atoms with E-state index in [1.165, 1.54) is 0 Å². The van der Waals surface area contributed by atoms with E-state index in [0.29, 0.717) is 0 Å². The molecule has 0 fully saturated rings. The molecule has 3 N–H and O–H groups in total. The number of carbonyl (C=O) groups is 1. The van der Waals surface area contributed by atoms with Crippen LogP contribution in [0.2, 0.25) is 0 Å². The minimum absolute atomic E-state index is 0.750. The van der Waals surface area contributed by atoms with Gasteiger partial charge in [0.25, 0.3) is 5.97 Å². The second-order valence-corrected chi connectivity index (χ2v) is 0.660. The van der Waals surface area contributed by atoms with Crippen LogP contribution in [0.15, 0.2) is 0 Å². The van der Waals surface area contributed by atoms with Crippen LogP contribution < -0.4 is 0 Å². The largest absolute Gasteiger partial charge is 0.481 e. The number of hydrogen-bond donors (Lipinski definition) is 3. The molecule has 0 amide bonds. The Hall–Kier alpha value is -0.545. The van der Waals surface area contributed by atoms with Gasteiger partial charge in [0, 0.05) is 6.92 Å². The first-order chi connectivity index (χ1) is 3.15. The van der Waals surface area contributed by atoms with Crippen LogP contribution in [0.3, 0.4) is 0 Å². The Bertz CT molecular complexity index is 41.0. The Labute approximate surface area is 41.7 Å². The highest BCUT2D eigenvalue weighted by Crippen LogP contribution is 1.42. The zero-order valence-corrected chi connectivity index (χ0v) is 3.96. The third-order valence-corrected chi connectivity index (χ3v) is 0. The number of hydrogen-bond acceptors (Lipinski definition) is 3. The predicted molar refractivity (Wildman–Crippen MR) is 24.9 cm³/mol. The molecule has 0 radical (unpaired) electrons. The predicted octanol–water partition coefficient (Wildman–Crippen LogP) is -1.67. The van der Waals surface area contributed by atoms with Gasteiger partial charge in [-0.15, -0.1) is 0 Å². The summed E-state index contributed by atoms with van der Waals surface area (Å²) in [6.07, 6.45) is 0. The van der Waals surface area contributed by atoms with E-state index < -0.39 is 13.7 Å². The molecule has 0 saturated heterocycles. The van der Waals surface area contributed by atoms with Crippen LogP contribution in [0.4, 0.5) is 0 Å². The van der Waals surface area contributed by atoms with Crippen molar-refractivity contribution in [3.05, 3.63) is 0 Å².